The molecular weight excluding hydrogens is 321 g/mol. The van der Waals surface area contributed by atoms with Gasteiger partial charge in [-0.15, -0.1) is 0 Å². The Morgan fingerprint density at radius 2 is 1.59 bits per heavy atom. The van der Waals surface area contributed by atoms with Crippen LogP contribution in [0.25, 0.3) is 0 Å². The van der Waals surface area contributed by atoms with Crippen LogP contribution in [0, 0.1) is 0 Å². The van der Waals surface area contributed by atoms with Gasteiger partial charge >= 0.3 is 6.18 Å². The Bertz CT molecular complexity index is 885. The minimum absolute atomic E-state index is 0.00612. The number of benzene rings is 2. The first-order valence-electron chi connectivity index (χ1n) is 5.99. The summed E-state index contributed by atoms with van der Waals surface area (Å²) in [6.45, 7) is 0. The van der Waals surface area contributed by atoms with Gasteiger partial charge in [0.2, 0.25) is 9.84 Å². The van der Waals surface area contributed by atoms with Crippen LogP contribution in [0.4, 0.5) is 13.2 Å². The van der Waals surface area contributed by atoms with E-state index in [1.54, 1.807) is 0 Å². The zero-order chi connectivity index (χ0) is 16.1. The summed E-state index contributed by atoms with van der Waals surface area (Å²) in [6.07, 6.45) is -5.18. The maximum atomic E-state index is 12.7. The maximum Gasteiger partial charge on any atom is 0.454 e. The number of rotatable bonds is 1. The van der Waals surface area contributed by atoms with Crippen molar-refractivity contribution in [3.05, 3.63) is 48.0 Å². The number of ketones is 1. The molecule has 0 atom stereocenters. The van der Waals surface area contributed by atoms with Crippen LogP contribution in [0.1, 0.15) is 10.4 Å². The summed E-state index contributed by atoms with van der Waals surface area (Å²) in [5.74, 6) is -2.52. The Morgan fingerprint density at radius 1 is 0.955 bits per heavy atom. The molecule has 0 aliphatic carbocycles. The Kier molecular flexibility index (Phi) is 3.03. The van der Waals surface area contributed by atoms with Crippen molar-refractivity contribution in [1.29, 1.82) is 0 Å². The highest BCUT2D eigenvalue weighted by molar-refractivity contribution is 7.91. The molecule has 8 heteroatoms. The van der Waals surface area contributed by atoms with E-state index >= 15 is 0 Å². The number of sulfone groups is 1. The second-order valence-corrected chi connectivity index (χ2v) is 6.37. The normalized spacial score (nSPS) is 15.4. The van der Waals surface area contributed by atoms with E-state index in [0.29, 0.717) is 0 Å². The van der Waals surface area contributed by atoms with Crippen molar-refractivity contribution >= 4 is 15.6 Å². The number of hydrogen-bond donors (Lipinski definition) is 0. The summed E-state index contributed by atoms with van der Waals surface area (Å²) >= 11 is 0. The monoisotopic (exact) mass is 328 g/mol. The fourth-order valence-corrected chi connectivity index (χ4v) is 3.87. The Labute approximate surface area is 123 Å². The zero-order valence-corrected chi connectivity index (χ0v) is 11.5. The van der Waals surface area contributed by atoms with E-state index in [2.05, 4.69) is 0 Å². The highest BCUT2D eigenvalue weighted by Crippen LogP contribution is 2.44. The standard InChI is InChI=1S/C14H7F3O4S/c15-14(16,17)13(18)8-4-3-6-10-12(8)22(19,20)11-7-2-1-5-9(11)21-10/h1-7H. The van der Waals surface area contributed by atoms with Gasteiger partial charge in [0.15, 0.2) is 0 Å². The van der Waals surface area contributed by atoms with Gasteiger partial charge in [-0.25, -0.2) is 8.42 Å². The molecule has 3 rings (SSSR count). The predicted octanol–water partition coefficient (Wildman–Crippen LogP) is 3.37. The first-order valence-corrected chi connectivity index (χ1v) is 7.48. The average molecular weight is 328 g/mol. The topological polar surface area (TPSA) is 60.4 Å². The molecule has 2 aromatic carbocycles. The van der Waals surface area contributed by atoms with Crippen molar-refractivity contribution in [2.45, 2.75) is 16.0 Å². The van der Waals surface area contributed by atoms with Crippen LogP contribution in [0.2, 0.25) is 0 Å². The molecule has 0 spiro atoms. The van der Waals surface area contributed by atoms with Gasteiger partial charge < -0.3 is 4.74 Å². The third-order valence-electron chi connectivity index (χ3n) is 3.11. The molecule has 0 bridgehead atoms. The minimum atomic E-state index is -5.18. The van der Waals surface area contributed by atoms with Crippen LogP contribution in [0.3, 0.4) is 0 Å². The molecule has 1 aliphatic heterocycles. The Morgan fingerprint density at radius 3 is 2.27 bits per heavy atom. The molecule has 22 heavy (non-hydrogen) atoms. The lowest BCUT2D eigenvalue weighted by Gasteiger charge is -2.22. The van der Waals surface area contributed by atoms with Crippen LogP contribution >= 0.6 is 0 Å². The van der Waals surface area contributed by atoms with Gasteiger partial charge in [-0.2, -0.15) is 13.2 Å². The summed E-state index contributed by atoms with van der Waals surface area (Å²) < 4.78 is 68.4. The summed E-state index contributed by atoms with van der Waals surface area (Å²) in [4.78, 5) is 10.5. The first kappa shape index (κ1) is 14.6. The van der Waals surface area contributed by atoms with Gasteiger partial charge in [-0.05, 0) is 24.3 Å². The van der Waals surface area contributed by atoms with Crippen LogP contribution in [0.15, 0.2) is 52.3 Å². The molecular formula is C14H7F3O4S. The van der Waals surface area contributed by atoms with Gasteiger partial charge in [-0.3, -0.25) is 4.79 Å². The lowest BCUT2D eigenvalue weighted by molar-refractivity contribution is -0.0887. The zero-order valence-electron chi connectivity index (χ0n) is 10.7. The smallest absolute Gasteiger partial charge is 0.454 e. The van der Waals surface area contributed by atoms with E-state index in [1.165, 1.54) is 30.3 Å². The highest BCUT2D eigenvalue weighted by Gasteiger charge is 2.44. The number of carbonyl (C=O) groups excluding carboxylic acids is 1. The second-order valence-electron chi connectivity index (χ2n) is 4.51. The summed E-state index contributed by atoms with van der Waals surface area (Å²) in [5.41, 5.74) is -0.945. The Balaban J connectivity index is 2.31. The lowest BCUT2D eigenvalue weighted by atomic mass is 10.1. The first-order chi connectivity index (χ1) is 10.2. The van der Waals surface area contributed by atoms with Gasteiger partial charge in [0, 0.05) is 0 Å². The predicted molar refractivity (Wildman–Crippen MR) is 68.8 cm³/mol. The van der Waals surface area contributed by atoms with Crippen LogP contribution in [0.5, 0.6) is 11.5 Å². The third kappa shape index (κ3) is 2.07. The van der Waals surface area contributed by atoms with Crippen molar-refractivity contribution in [3.8, 4) is 11.5 Å². The summed E-state index contributed by atoms with van der Waals surface area (Å²) in [6, 6.07) is 8.71. The number of Topliss-reactive ketones (excluding diaryl/α,β-unsaturated/α-hetero) is 1. The van der Waals surface area contributed by atoms with E-state index in [1.807, 2.05) is 0 Å². The fourth-order valence-electron chi connectivity index (χ4n) is 2.19. The third-order valence-corrected chi connectivity index (χ3v) is 4.98. The van der Waals surface area contributed by atoms with Gasteiger partial charge in [0.25, 0.3) is 5.78 Å². The van der Waals surface area contributed by atoms with Crippen molar-refractivity contribution in [1.82, 2.24) is 0 Å². The molecule has 4 nitrogen and oxygen atoms in total. The van der Waals surface area contributed by atoms with E-state index in [4.69, 9.17) is 4.74 Å². The molecule has 0 radical (unpaired) electrons. The van der Waals surface area contributed by atoms with Crippen molar-refractivity contribution < 1.29 is 31.1 Å². The molecule has 114 valence electrons. The molecule has 0 saturated carbocycles. The minimum Gasteiger partial charge on any atom is -0.455 e. The molecule has 1 aliphatic rings. The molecule has 0 fully saturated rings. The quantitative estimate of drug-likeness (QED) is 0.643. The number of alkyl halides is 3. The van der Waals surface area contributed by atoms with E-state index < -0.39 is 32.3 Å². The Hall–Kier alpha value is -2.35. The molecule has 2 aromatic rings. The van der Waals surface area contributed by atoms with Crippen molar-refractivity contribution in [2.75, 3.05) is 0 Å². The van der Waals surface area contributed by atoms with E-state index in [9.17, 15) is 26.4 Å². The molecule has 1 heterocycles. The van der Waals surface area contributed by atoms with Crippen molar-refractivity contribution in [2.24, 2.45) is 0 Å². The number of hydrogen-bond acceptors (Lipinski definition) is 4. The fraction of sp³-hybridized carbons (Fsp3) is 0.0714. The summed E-state index contributed by atoms with van der Waals surface area (Å²) in [7, 11) is -4.28. The lowest BCUT2D eigenvalue weighted by Crippen LogP contribution is -2.26. The molecule has 0 saturated heterocycles. The van der Waals surface area contributed by atoms with Crippen LogP contribution in [-0.2, 0) is 9.84 Å². The molecule has 0 amide bonds. The van der Waals surface area contributed by atoms with E-state index in [0.717, 1.165) is 12.1 Å². The number of carbonyl (C=O) groups is 1. The SMILES string of the molecule is O=C(c1cccc2c1S(=O)(=O)c1ccccc1O2)C(F)(F)F. The van der Waals surface area contributed by atoms with Gasteiger partial charge in [0.1, 0.15) is 21.3 Å². The second kappa shape index (κ2) is 4.57. The van der Waals surface area contributed by atoms with Gasteiger partial charge in [-0.1, -0.05) is 18.2 Å². The van der Waals surface area contributed by atoms with E-state index in [-0.39, 0.29) is 16.4 Å². The maximum absolute atomic E-state index is 12.7. The molecule has 0 aromatic heterocycles. The van der Waals surface area contributed by atoms with Crippen molar-refractivity contribution in [3.63, 3.8) is 0 Å². The summed E-state index contributed by atoms with van der Waals surface area (Å²) in [5, 5.41) is 0. The average Bonchev–Trinajstić information content (AvgIpc) is 2.45. The number of fused-ring (bicyclic) bond motifs is 2. The number of ether oxygens (including phenoxy) is 1. The highest BCUT2D eigenvalue weighted by atomic mass is 32.2. The number of halogens is 3. The van der Waals surface area contributed by atoms with Crippen LogP contribution < -0.4 is 4.74 Å². The largest absolute Gasteiger partial charge is 0.455 e. The van der Waals surface area contributed by atoms with Gasteiger partial charge in [0.05, 0.1) is 5.56 Å². The van der Waals surface area contributed by atoms with Crippen LogP contribution in [-0.4, -0.2) is 20.4 Å². The number of para-hydroxylation sites is 1. The molecule has 0 unspecified atom stereocenters. The molecule has 0 N–H and O–H groups in total.